The first-order valence-electron chi connectivity index (χ1n) is 8.12. The van der Waals surface area contributed by atoms with Gasteiger partial charge >= 0.3 is 0 Å². The number of aromatic nitrogens is 1. The van der Waals surface area contributed by atoms with Crippen molar-refractivity contribution < 1.29 is 14.3 Å². The van der Waals surface area contributed by atoms with Gasteiger partial charge in [-0.25, -0.2) is 4.98 Å². The molecule has 0 fully saturated rings. The van der Waals surface area contributed by atoms with Gasteiger partial charge < -0.3 is 14.8 Å². The molecule has 0 bridgehead atoms. The minimum atomic E-state index is -0.267. The lowest BCUT2D eigenvalue weighted by Gasteiger charge is -2.10. The van der Waals surface area contributed by atoms with Crippen LogP contribution in [0.25, 0.3) is 0 Å². The van der Waals surface area contributed by atoms with Crippen molar-refractivity contribution in [1.29, 1.82) is 0 Å². The summed E-state index contributed by atoms with van der Waals surface area (Å²) in [6, 6.07) is 17.7. The maximum atomic E-state index is 12.0. The predicted octanol–water partition coefficient (Wildman–Crippen LogP) is 4.88. The quantitative estimate of drug-likeness (QED) is 0.611. The Morgan fingerprint density at radius 1 is 1.04 bits per heavy atom. The largest absolute Gasteiger partial charge is 0.482 e. The molecule has 0 radical (unpaired) electrons. The average molecular weight is 403 g/mol. The Morgan fingerprint density at radius 3 is 2.70 bits per heavy atom. The monoisotopic (exact) mass is 402 g/mol. The van der Waals surface area contributed by atoms with Gasteiger partial charge in [-0.2, -0.15) is 0 Å². The fraction of sp³-hybridized carbons (Fsp3) is 0.100. The molecule has 2 aromatic carbocycles. The molecule has 0 saturated heterocycles. The number of nitrogens with one attached hydrogen (secondary N) is 1. The SMILES string of the molecule is O=C(COc1ccc(Cl)cc1Cl)NCc1cccc(Oc2ccccn2)c1. The second-order valence-electron chi connectivity index (χ2n) is 5.56. The van der Waals surface area contributed by atoms with E-state index in [1.807, 2.05) is 36.4 Å². The van der Waals surface area contributed by atoms with Crippen molar-refractivity contribution in [2.24, 2.45) is 0 Å². The number of amides is 1. The Balaban J connectivity index is 1.50. The Hall–Kier alpha value is -2.76. The molecule has 0 saturated carbocycles. The van der Waals surface area contributed by atoms with Crippen molar-refractivity contribution in [1.82, 2.24) is 10.3 Å². The Morgan fingerprint density at radius 2 is 1.93 bits per heavy atom. The molecule has 3 rings (SSSR count). The number of hydrogen-bond acceptors (Lipinski definition) is 4. The minimum absolute atomic E-state index is 0.147. The van der Waals surface area contributed by atoms with E-state index in [2.05, 4.69) is 10.3 Å². The molecule has 1 N–H and O–H groups in total. The van der Waals surface area contributed by atoms with Gasteiger partial charge in [-0.05, 0) is 42.0 Å². The lowest BCUT2D eigenvalue weighted by molar-refractivity contribution is -0.123. The van der Waals surface area contributed by atoms with Gasteiger partial charge in [0.25, 0.3) is 5.91 Å². The highest BCUT2D eigenvalue weighted by Gasteiger charge is 2.07. The number of rotatable bonds is 7. The molecule has 0 unspecified atom stereocenters. The summed E-state index contributed by atoms with van der Waals surface area (Å²) in [5, 5.41) is 3.65. The van der Waals surface area contributed by atoms with Crippen LogP contribution in [0.2, 0.25) is 10.0 Å². The summed E-state index contributed by atoms with van der Waals surface area (Å²) in [4.78, 5) is 16.1. The maximum absolute atomic E-state index is 12.0. The number of carbonyl (C=O) groups excluding carboxylic acids is 1. The molecule has 0 aliphatic heterocycles. The van der Waals surface area contributed by atoms with Crippen molar-refractivity contribution in [2.75, 3.05) is 6.61 Å². The third kappa shape index (κ3) is 5.88. The van der Waals surface area contributed by atoms with Gasteiger partial charge in [0.15, 0.2) is 6.61 Å². The second kappa shape index (κ2) is 9.26. The van der Waals surface area contributed by atoms with Crippen LogP contribution in [0.15, 0.2) is 66.9 Å². The predicted molar refractivity (Wildman–Crippen MR) is 105 cm³/mol. The number of hydrogen-bond donors (Lipinski definition) is 1. The number of halogens is 2. The molecule has 5 nitrogen and oxygen atoms in total. The molecule has 27 heavy (non-hydrogen) atoms. The number of nitrogens with zero attached hydrogens (tertiary/aromatic N) is 1. The van der Waals surface area contributed by atoms with Crippen molar-refractivity contribution >= 4 is 29.1 Å². The summed E-state index contributed by atoms with van der Waals surface area (Å²) in [6.07, 6.45) is 1.66. The number of carbonyl (C=O) groups is 1. The van der Waals surface area contributed by atoms with Gasteiger partial charge in [-0.3, -0.25) is 4.79 Å². The molecule has 1 aromatic heterocycles. The highest BCUT2D eigenvalue weighted by atomic mass is 35.5. The van der Waals surface area contributed by atoms with E-state index in [0.29, 0.717) is 34.0 Å². The van der Waals surface area contributed by atoms with E-state index < -0.39 is 0 Å². The third-order valence-corrected chi connectivity index (χ3v) is 4.03. The van der Waals surface area contributed by atoms with Gasteiger partial charge in [-0.1, -0.05) is 41.4 Å². The van der Waals surface area contributed by atoms with E-state index in [0.717, 1.165) is 5.56 Å². The summed E-state index contributed by atoms with van der Waals surface area (Å²) in [5.41, 5.74) is 0.890. The van der Waals surface area contributed by atoms with E-state index in [9.17, 15) is 4.79 Å². The van der Waals surface area contributed by atoms with Crippen LogP contribution in [0.1, 0.15) is 5.56 Å². The summed E-state index contributed by atoms with van der Waals surface area (Å²) in [6.45, 7) is 0.196. The molecular weight excluding hydrogens is 387 g/mol. The molecule has 0 aliphatic rings. The number of pyridine rings is 1. The fourth-order valence-electron chi connectivity index (χ4n) is 2.23. The summed E-state index contributed by atoms with van der Waals surface area (Å²) >= 11 is 11.8. The lowest BCUT2D eigenvalue weighted by Crippen LogP contribution is -2.28. The smallest absolute Gasteiger partial charge is 0.258 e. The normalized spacial score (nSPS) is 10.3. The van der Waals surface area contributed by atoms with Crippen LogP contribution in [0.5, 0.6) is 17.4 Å². The average Bonchev–Trinajstić information content (AvgIpc) is 2.67. The first-order valence-corrected chi connectivity index (χ1v) is 8.88. The first-order chi connectivity index (χ1) is 13.1. The van der Waals surface area contributed by atoms with Crippen LogP contribution in [-0.4, -0.2) is 17.5 Å². The zero-order chi connectivity index (χ0) is 19.1. The standard InChI is InChI=1S/C20H16Cl2N2O3/c21-15-7-8-18(17(22)11-15)26-13-19(25)24-12-14-4-3-5-16(10-14)27-20-6-1-2-9-23-20/h1-11H,12-13H2,(H,24,25). The Bertz CT molecular complexity index is 920. The molecule has 7 heteroatoms. The van der Waals surface area contributed by atoms with Crippen molar-refractivity contribution in [3.63, 3.8) is 0 Å². The maximum Gasteiger partial charge on any atom is 0.258 e. The molecule has 0 spiro atoms. The van der Waals surface area contributed by atoms with Gasteiger partial charge in [0.1, 0.15) is 11.5 Å². The minimum Gasteiger partial charge on any atom is -0.482 e. The molecule has 1 amide bonds. The zero-order valence-corrected chi connectivity index (χ0v) is 15.7. The molecule has 0 atom stereocenters. The van der Waals surface area contributed by atoms with Crippen LogP contribution >= 0.6 is 23.2 Å². The van der Waals surface area contributed by atoms with E-state index >= 15 is 0 Å². The van der Waals surface area contributed by atoms with Gasteiger partial charge in [0.2, 0.25) is 5.88 Å². The summed E-state index contributed by atoms with van der Waals surface area (Å²) < 4.78 is 11.1. The lowest BCUT2D eigenvalue weighted by atomic mass is 10.2. The van der Waals surface area contributed by atoms with Crippen LogP contribution < -0.4 is 14.8 Å². The third-order valence-electron chi connectivity index (χ3n) is 3.50. The summed E-state index contributed by atoms with van der Waals surface area (Å²) in [5.74, 6) is 1.29. The van der Waals surface area contributed by atoms with Crippen LogP contribution in [0.4, 0.5) is 0 Å². The van der Waals surface area contributed by atoms with Crippen molar-refractivity contribution in [3.05, 3.63) is 82.5 Å². The van der Waals surface area contributed by atoms with Gasteiger partial charge in [0, 0.05) is 23.8 Å². The zero-order valence-electron chi connectivity index (χ0n) is 14.2. The van der Waals surface area contributed by atoms with Crippen LogP contribution in [-0.2, 0) is 11.3 Å². The Kier molecular flexibility index (Phi) is 6.52. The molecule has 3 aromatic rings. The summed E-state index contributed by atoms with van der Waals surface area (Å²) in [7, 11) is 0. The van der Waals surface area contributed by atoms with E-state index in [-0.39, 0.29) is 12.5 Å². The van der Waals surface area contributed by atoms with E-state index in [1.54, 1.807) is 30.5 Å². The molecule has 0 aliphatic carbocycles. The number of ether oxygens (including phenoxy) is 2. The van der Waals surface area contributed by atoms with Gasteiger partial charge in [-0.15, -0.1) is 0 Å². The fourth-order valence-corrected chi connectivity index (χ4v) is 2.70. The van der Waals surface area contributed by atoms with Crippen molar-refractivity contribution in [2.45, 2.75) is 6.54 Å². The number of benzene rings is 2. The van der Waals surface area contributed by atoms with E-state index in [4.69, 9.17) is 32.7 Å². The van der Waals surface area contributed by atoms with E-state index in [1.165, 1.54) is 0 Å². The molecule has 138 valence electrons. The Labute approximate surface area is 166 Å². The highest BCUT2D eigenvalue weighted by Crippen LogP contribution is 2.27. The second-order valence-corrected chi connectivity index (χ2v) is 6.40. The highest BCUT2D eigenvalue weighted by molar-refractivity contribution is 6.35. The van der Waals surface area contributed by atoms with Crippen molar-refractivity contribution in [3.8, 4) is 17.4 Å². The van der Waals surface area contributed by atoms with Crippen LogP contribution in [0, 0.1) is 0 Å². The molecule has 1 heterocycles. The topological polar surface area (TPSA) is 60.5 Å². The van der Waals surface area contributed by atoms with Crippen LogP contribution in [0.3, 0.4) is 0 Å². The first kappa shape index (κ1) is 19.0. The van der Waals surface area contributed by atoms with Gasteiger partial charge in [0.05, 0.1) is 5.02 Å². The molecular formula is C20H16Cl2N2O3.